The zero-order valence-corrected chi connectivity index (χ0v) is 19.0. The zero-order chi connectivity index (χ0) is 19.8. The molecule has 0 aliphatic carbocycles. The standard InChI is InChI=1S/C21H28N4O3.HI/c1-2-22-21(23-16-18(26)15-17-7-4-3-5-8-17)25-12-10-24(11-13-25)20(27)19-9-6-14-28-19;/h3-9,14,18,26H,2,10-13,15-16H2,1H3,(H,22,23);1H. The van der Waals surface area contributed by atoms with Gasteiger partial charge < -0.3 is 24.6 Å². The molecule has 0 saturated carbocycles. The number of hydrogen-bond donors (Lipinski definition) is 2. The Balaban J connectivity index is 0.00000300. The number of aliphatic imine (C=N–C) groups is 1. The summed E-state index contributed by atoms with van der Waals surface area (Å²) in [5, 5.41) is 13.6. The van der Waals surface area contributed by atoms with E-state index in [0.29, 0.717) is 44.9 Å². The average molecular weight is 512 g/mol. The van der Waals surface area contributed by atoms with Crippen LogP contribution in [0.25, 0.3) is 0 Å². The van der Waals surface area contributed by atoms with Crippen LogP contribution in [0.1, 0.15) is 23.0 Å². The number of piperazine rings is 1. The summed E-state index contributed by atoms with van der Waals surface area (Å²) in [4.78, 5) is 20.9. The van der Waals surface area contributed by atoms with Crippen molar-refractivity contribution in [2.75, 3.05) is 39.3 Å². The van der Waals surface area contributed by atoms with E-state index in [1.54, 1.807) is 17.0 Å². The summed E-state index contributed by atoms with van der Waals surface area (Å²) in [6, 6.07) is 13.3. The smallest absolute Gasteiger partial charge is 0.289 e. The van der Waals surface area contributed by atoms with Crippen molar-refractivity contribution in [3.63, 3.8) is 0 Å². The Hall–Kier alpha value is -2.07. The third-order valence-corrected chi connectivity index (χ3v) is 4.70. The molecule has 3 rings (SSSR count). The van der Waals surface area contributed by atoms with Gasteiger partial charge in [0.25, 0.3) is 5.91 Å². The minimum Gasteiger partial charge on any atom is -0.459 e. The van der Waals surface area contributed by atoms with Crippen molar-refractivity contribution in [3.8, 4) is 0 Å². The van der Waals surface area contributed by atoms with E-state index in [0.717, 1.165) is 18.1 Å². The second kappa shape index (κ2) is 11.8. The van der Waals surface area contributed by atoms with Crippen LogP contribution >= 0.6 is 24.0 Å². The second-order valence-electron chi connectivity index (χ2n) is 6.79. The molecule has 1 amide bonds. The number of carbonyl (C=O) groups is 1. The molecule has 29 heavy (non-hydrogen) atoms. The molecule has 2 N–H and O–H groups in total. The summed E-state index contributed by atoms with van der Waals surface area (Å²) in [7, 11) is 0. The second-order valence-corrected chi connectivity index (χ2v) is 6.79. The summed E-state index contributed by atoms with van der Waals surface area (Å²) in [5.74, 6) is 1.07. The van der Waals surface area contributed by atoms with Crippen LogP contribution in [0.3, 0.4) is 0 Å². The molecule has 0 spiro atoms. The Morgan fingerprint density at radius 1 is 1.14 bits per heavy atom. The minimum absolute atomic E-state index is 0. The molecule has 158 valence electrons. The summed E-state index contributed by atoms with van der Waals surface area (Å²) in [6.45, 7) is 5.70. The van der Waals surface area contributed by atoms with Gasteiger partial charge in [0, 0.05) is 39.1 Å². The summed E-state index contributed by atoms with van der Waals surface area (Å²) in [5.41, 5.74) is 1.10. The molecule has 1 fully saturated rings. The number of hydrogen-bond acceptors (Lipinski definition) is 4. The van der Waals surface area contributed by atoms with Gasteiger partial charge in [0.15, 0.2) is 11.7 Å². The first-order valence-corrected chi connectivity index (χ1v) is 9.75. The van der Waals surface area contributed by atoms with E-state index in [-0.39, 0.29) is 29.9 Å². The lowest BCUT2D eigenvalue weighted by atomic mass is 10.1. The van der Waals surface area contributed by atoms with Crippen LogP contribution in [0.5, 0.6) is 0 Å². The first kappa shape index (κ1) is 23.2. The van der Waals surface area contributed by atoms with Crippen LogP contribution in [-0.2, 0) is 6.42 Å². The monoisotopic (exact) mass is 512 g/mol. The number of amides is 1. The molecule has 1 aromatic carbocycles. The predicted molar refractivity (Wildman–Crippen MR) is 124 cm³/mol. The quantitative estimate of drug-likeness (QED) is 0.353. The van der Waals surface area contributed by atoms with E-state index < -0.39 is 6.10 Å². The zero-order valence-electron chi connectivity index (χ0n) is 16.7. The molecule has 1 aliphatic heterocycles. The molecular weight excluding hydrogens is 483 g/mol. The van der Waals surface area contributed by atoms with Gasteiger partial charge in [-0.3, -0.25) is 9.79 Å². The van der Waals surface area contributed by atoms with Gasteiger partial charge in [0.1, 0.15) is 0 Å². The van der Waals surface area contributed by atoms with Crippen molar-refractivity contribution >= 4 is 35.8 Å². The largest absolute Gasteiger partial charge is 0.459 e. The van der Waals surface area contributed by atoms with Gasteiger partial charge in [-0.15, -0.1) is 24.0 Å². The molecule has 0 radical (unpaired) electrons. The Morgan fingerprint density at radius 2 is 1.83 bits per heavy atom. The highest BCUT2D eigenvalue weighted by molar-refractivity contribution is 14.0. The molecule has 0 bridgehead atoms. The molecule has 2 heterocycles. The number of carbonyl (C=O) groups excluding carboxylic acids is 1. The Kier molecular flexibility index (Phi) is 9.46. The molecule has 8 heteroatoms. The first-order chi connectivity index (χ1) is 13.7. The number of halogens is 1. The van der Waals surface area contributed by atoms with Gasteiger partial charge >= 0.3 is 0 Å². The number of nitrogens with one attached hydrogen (secondary N) is 1. The summed E-state index contributed by atoms with van der Waals surface area (Å²) >= 11 is 0. The fourth-order valence-electron chi connectivity index (χ4n) is 3.25. The molecule has 1 aliphatic rings. The number of guanidine groups is 1. The highest BCUT2D eigenvalue weighted by atomic mass is 127. The van der Waals surface area contributed by atoms with Crippen LogP contribution in [-0.4, -0.2) is 72.1 Å². The normalized spacial score (nSPS) is 15.6. The van der Waals surface area contributed by atoms with Gasteiger partial charge in [0.2, 0.25) is 0 Å². The maximum atomic E-state index is 12.4. The molecule has 1 atom stereocenters. The van der Waals surface area contributed by atoms with Crippen molar-refractivity contribution in [2.45, 2.75) is 19.4 Å². The molecule has 2 aromatic rings. The van der Waals surface area contributed by atoms with Crippen LogP contribution in [0.4, 0.5) is 0 Å². The number of aliphatic hydroxyl groups excluding tert-OH is 1. The van der Waals surface area contributed by atoms with Gasteiger partial charge in [-0.1, -0.05) is 30.3 Å². The maximum Gasteiger partial charge on any atom is 0.289 e. The topological polar surface area (TPSA) is 81.3 Å². The van der Waals surface area contributed by atoms with Crippen LogP contribution in [0.2, 0.25) is 0 Å². The molecule has 1 saturated heterocycles. The Bertz CT molecular complexity index is 759. The van der Waals surface area contributed by atoms with Crippen LogP contribution in [0.15, 0.2) is 58.1 Å². The predicted octanol–water partition coefficient (Wildman–Crippen LogP) is 2.22. The number of furan rings is 1. The molecule has 1 aromatic heterocycles. The lowest BCUT2D eigenvalue weighted by Gasteiger charge is -2.36. The Morgan fingerprint density at radius 3 is 2.45 bits per heavy atom. The van der Waals surface area contributed by atoms with Crippen molar-refractivity contribution in [2.24, 2.45) is 4.99 Å². The fourth-order valence-corrected chi connectivity index (χ4v) is 3.25. The number of benzene rings is 1. The van der Waals surface area contributed by atoms with Gasteiger partial charge in [-0.25, -0.2) is 0 Å². The SMILES string of the molecule is CCNC(=NCC(O)Cc1ccccc1)N1CCN(C(=O)c2ccco2)CC1.I. The van der Waals surface area contributed by atoms with E-state index in [4.69, 9.17) is 4.42 Å². The van der Waals surface area contributed by atoms with E-state index in [2.05, 4.69) is 15.2 Å². The van der Waals surface area contributed by atoms with E-state index >= 15 is 0 Å². The maximum absolute atomic E-state index is 12.4. The van der Waals surface area contributed by atoms with E-state index in [1.165, 1.54) is 6.26 Å². The number of aliphatic hydroxyl groups is 1. The first-order valence-electron chi connectivity index (χ1n) is 9.75. The molecule has 7 nitrogen and oxygen atoms in total. The van der Waals surface area contributed by atoms with E-state index in [1.807, 2.05) is 37.3 Å². The number of rotatable bonds is 6. The highest BCUT2D eigenvalue weighted by Crippen LogP contribution is 2.10. The Labute approximate surface area is 188 Å². The lowest BCUT2D eigenvalue weighted by molar-refractivity contribution is 0.0657. The van der Waals surface area contributed by atoms with Gasteiger partial charge in [0.05, 0.1) is 18.9 Å². The van der Waals surface area contributed by atoms with Crippen molar-refractivity contribution in [1.29, 1.82) is 0 Å². The number of nitrogens with zero attached hydrogens (tertiary/aromatic N) is 3. The van der Waals surface area contributed by atoms with Crippen molar-refractivity contribution in [3.05, 3.63) is 60.1 Å². The average Bonchev–Trinajstić information content (AvgIpc) is 3.26. The van der Waals surface area contributed by atoms with Gasteiger partial charge in [-0.2, -0.15) is 0 Å². The molecule has 1 unspecified atom stereocenters. The van der Waals surface area contributed by atoms with Gasteiger partial charge in [-0.05, 0) is 24.6 Å². The summed E-state index contributed by atoms with van der Waals surface area (Å²) < 4.78 is 5.21. The summed E-state index contributed by atoms with van der Waals surface area (Å²) in [6.07, 6.45) is 1.56. The fraction of sp³-hybridized carbons (Fsp3) is 0.429. The molecular formula is C21H29IN4O3. The van der Waals surface area contributed by atoms with Crippen LogP contribution < -0.4 is 5.32 Å². The van der Waals surface area contributed by atoms with Crippen LogP contribution in [0, 0.1) is 0 Å². The van der Waals surface area contributed by atoms with Crippen molar-refractivity contribution < 1.29 is 14.3 Å². The highest BCUT2D eigenvalue weighted by Gasteiger charge is 2.25. The minimum atomic E-state index is -0.530. The third kappa shape index (κ3) is 6.74. The van der Waals surface area contributed by atoms with E-state index in [9.17, 15) is 9.90 Å². The van der Waals surface area contributed by atoms with Crippen molar-refractivity contribution in [1.82, 2.24) is 15.1 Å². The lowest BCUT2D eigenvalue weighted by Crippen LogP contribution is -2.53. The third-order valence-electron chi connectivity index (χ3n) is 4.70.